The molecule has 3 aromatic heterocycles. The zero-order chi connectivity index (χ0) is 87.9. The molecule has 0 bridgehead atoms. The van der Waals surface area contributed by atoms with Gasteiger partial charge in [0, 0.05) is 251 Å². The molecule has 118 heavy (non-hydrogen) atoms. The van der Waals surface area contributed by atoms with Gasteiger partial charge in [0.1, 0.15) is 32.6 Å². The van der Waals surface area contributed by atoms with Gasteiger partial charge in [-0.1, -0.05) is 66.7 Å². The molecule has 0 saturated carbocycles. The summed E-state index contributed by atoms with van der Waals surface area (Å²) in [4.78, 5) is 113. The molecule has 0 atom stereocenters. The second-order valence-corrected chi connectivity index (χ2v) is 31.9. The molecule has 58 heteroatoms. The van der Waals surface area contributed by atoms with E-state index in [0.29, 0.717) is 83.8 Å². The van der Waals surface area contributed by atoms with Gasteiger partial charge in [0.15, 0.2) is 15.4 Å². The van der Waals surface area contributed by atoms with Crippen LogP contribution in [0, 0.1) is 0 Å². The van der Waals surface area contributed by atoms with Crippen molar-refractivity contribution in [2.45, 2.75) is 86.5 Å². The number of carbonyl (C=O) groups excluding carboxylic acids is 8. The second kappa shape index (κ2) is 66.2. The van der Waals surface area contributed by atoms with Gasteiger partial charge < -0.3 is 82.4 Å². The SMILES string of the molecule is Br.C.C=CC(=O)Nc1cccc(C(=O)Nc2ncc(N3CCN(C(=O)OC(C)(C)C)CC3)s2)c1.C=CC(=O)Nc1cccc(OC=O)c1.CC(C)(C)OC(=O)N1CCN(c2cnc(N)s2)CC1.CC(C)(C)OC(=O)N1CCNCC1.CN=P.Nc1ncc(Br)s1.O=CO[O-].[2H]CF.[B]B([B])B([B])B(B(B([B])[B])B([B])[B])B(B([B])[B])B([B])[B].[H-].[K+].[K+]. The van der Waals surface area contributed by atoms with Crippen LogP contribution in [-0.4, -0.2) is 331 Å². The molecule has 3 aliphatic heterocycles. The summed E-state index contributed by atoms with van der Waals surface area (Å²) in [6.07, 6.45) is -0.399. The van der Waals surface area contributed by atoms with Crippen molar-refractivity contribution in [3.8, 4) is 5.75 Å². The third kappa shape index (κ3) is 53.1. The quantitative estimate of drug-likeness (QED) is 0.00897. The zero-order valence-electron chi connectivity index (χ0n) is 70.1. The number of nitrogen functional groups attached to an aromatic ring is 2. The average Bonchev–Trinajstić information content (AvgIpc) is 1.02. The van der Waals surface area contributed by atoms with Crippen molar-refractivity contribution in [3.05, 3.63) is 102 Å². The molecular formula is C60H91B20Br2FK2N15O14PS3. The number of carbonyl (C=O) groups is 8. The number of nitrogens with zero attached hydrogens (tertiary/aromatic N) is 9. The van der Waals surface area contributed by atoms with E-state index in [9.17, 15) is 38.0 Å². The molecule has 6 amide bonds. The van der Waals surface area contributed by atoms with E-state index in [0.717, 1.165) is 65.2 Å². The number of alkyl halides is 1. The smallest absolute Gasteiger partial charge is 1.00 e. The Hall–Kier alpha value is -3.35. The summed E-state index contributed by atoms with van der Waals surface area (Å²) in [6.45, 7) is 32.2. The van der Waals surface area contributed by atoms with Crippen LogP contribution in [0.4, 0.5) is 55.5 Å². The van der Waals surface area contributed by atoms with Crippen LogP contribution in [0.1, 0.15) is 82.9 Å². The van der Waals surface area contributed by atoms with Crippen molar-refractivity contribution in [1.82, 2.24) is 35.0 Å². The average molecular weight is 1850 g/mol. The predicted molar refractivity (Wildman–Crippen MR) is 503 cm³/mol. The summed E-state index contributed by atoms with van der Waals surface area (Å²) in [5.74, 6) is -0.607. The molecule has 29 nitrogen and oxygen atoms in total. The maximum Gasteiger partial charge on any atom is 1.00 e. The Bertz CT molecular complexity index is 3720. The Morgan fingerprint density at radius 1 is 0.619 bits per heavy atom. The first-order valence-electron chi connectivity index (χ1n) is 35.3. The van der Waals surface area contributed by atoms with Gasteiger partial charge in [-0.3, -0.25) is 38.4 Å². The fourth-order valence-electron chi connectivity index (χ4n) is 9.77. The van der Waals surface area contributed by atoms with E-state index in [1.54, 1.807) is 82.8 Å². The standard InChI is InChI=1S/C22H27N5O4S.C12H20N4O2S.C10H9NO3.C9H18N2O2.C3H3BrN2S.CH3F.CH4NP.CH2O3.CH4.B20.BrH.2K.H/c1-5-17(28)24-16-8-6-7-15(13-16)19(29)25-20-23-14-18(32-20)26-9-11-27(12-10-26)21(30)31-22(2,3)4;1-12(2,3)18-11(17)16-6-4-15(5-7-16)9-8-14-10(13)19-9;1-2-10(13)11-8-4-3-5-9(6-8)14-7-12;1-9(2,3)13-8(12)11-6-4-10-5-7-11;4-2-1-6-3(5)7-2;1-2;1-2-3;2-1-4-3;;1-12(2)17(11)20(18(13(3)4)14(5)6)19(15(7)8)16(9)10;;;;/h5-8,13-14H,1,9-12H2,2-4H3,(H,24,28)(H,23,25,29);8H,4-7H2,1-3H3,(H2,13,14);2-7H,1H2,(H,11,13);10H,4-7H2,1-3H3;1H,(H2,5,6);1H3;3H,1H3;1,3H;1H4;;1H;;;/q;;;;;;;;;;;2*+1;-1/p-1/i;;;;;1D;;;;;;;;. The van der Waals surface area contributed by atoms with Crippen LogP contribution in [0.3, 0.4) is 0 Å². The van der Waals surface area contributed by atoms with Crippen LogP contribution in [0.5, 0.6) is 5.75 Å². The van der Waals surface area contributed by atoms with Crippen molar-refractivity contribution in [2.24, 2.45) is 4.74 Å². The Kier molecular flexibility index (Phi) is 67.8. The number of halogens is 3. The van der Waals surface area contributed by atoms with Gasteiger partial charge in [-0.15, -0.1) is 17.0 Å². The van der Waals surface area contributed by atoms with Gasteiger partial charge in [-0.25, -0.2) is 29.3 Å². The Balaban J connectivity index is -0.000000328. The maximum absolute atomic E-state index is 12.6. The molecule has 22 radical (unpaired) electrons. The number of amides is 6. The maximum atomic E-state index is 12.6. The number of aromatic nitrogens is 3. The third-order valence-corrected chi connectivity index (χ3v) is 17.8. The van der Waals surface area contributed by atoms with E-state index in [1.807, 2.05) is 62.3 Å². The molecule has 6 heterocycles. The minimum absolute atomic E-state index is 0. The van der Waals surface area contributed by atoms with Crippen LogP contribution < -0.4 is 155 Å². The number of anilines is 7. The summed E-state index contributed by atoms with van der Waals surface area (Å²) >= 11 is 7.47. The number of hydrogen-bond acceptors (Lipinski definition) is 26. The first-order chi connectivity index (χ1) is 53.8. The summed E-state index contributed by atoms with van der Waals surface area (Å²) < 4.78 is 40.4. The van der Waals surface area contributed by atoms with Crippen LogP contribution in [0.15, 0.2) is 101 Å². The molecule has 2 aromatic carbocycles. The third-order valence-electron chi connectivity index (χ3n) is 14.6. The van der Waals surface area contributed by atoms with E-state index in [1.165, 1.54) is 40.1 Å². The van der Waals surface area contributed by atoms with Gasteiger partial charge in [-0.2, -0.15) is 0 Å². The molecule has 0 aliphatic carbocycles. The molecule has 596 valence electrons. The van der Waals surface area contributed by atoms with Crippen molar-refractivity contribution in [1.29, 1.82) is 0 Å². The number of hydrogen-bond donors (Lipinski definition) is 6. The van der Waals surface area contributed by atoms with Crippen LogP contribution in [0.2, 0.25) is 0 Å². The van der Waals surface area contributed by atoms with E-state index < -0.39 is 75.8 Å². The van der Waals surface area contributed by atoms with Crippen molar-refractivity contribution in [2.75, 3.05) is 130 Å². The second-order valence-electron chi connectivity index (χ2n) is 26.9. The first kappa shape index (κ1) is 121. The molecule has 8 rings (SSSR count). The van der Waals surface area contributed by atoms with Crippen molar-refractivity contribution < 1.29 is 177 Å². The molecule has 8 N–H and O–H groups in total. The monoisotopic (exact) mass is 1850 g/mol. The Morgan fingerprint density at radius 3 is 1.31 bits per heavy atom. The van der Waals surface area contributed by atoms with Crippen LogP contribution >= 0.6 is 76.0 Å². The summed E-state index contributed by atoms with van der Waals surface area (Å²) in [5, 5.41) is 23.2. The van der Waals surface area contributed by atoms with Crippen LogP contribution in [0.25, 0.3) is 0 Å². The number of nitrogens with two attached hydrogens (primary N) is 2. The fourth-order valence-corrected chi connectivity index (χ4v) is 12.4. The minimum atomic E-state index is -1.00. The normalized spacial score (nSPS) is 12.1. The Labute approximate surface area is 835 Å². The number of ether oxygens (including phenoxy) is 4. The Morgan fingerprint density at radius 2 is 0.983 bits per heavy atom. The number of nitrogens with one attached hydrogen (secondary N) is 4. The van der Waals surface area contributed by atoms with Gasteiger partial charge >= 0.3 is 121 Å². The molecule has 0 spiro atoms. The summed E-state index contributed by atoms with van der Waals surface area (Å²) in [5.41, 5.74) is 11.0. The van der Waals surface area contributed by atoms with E-state index in [4.69, 9.17) is 122 Å². The first-order valence-corrected chi connectivity index (χ1v) is 38.3. The van der Waals surface area contributed by atoms with Gasteiger partial charge in [0.05, 0.1) is 30.9 Å². The number of thiazole rings is 3. The topological polar surface area (TPSA) is 373 Å². The van der Waals surface area contributed by atoms with Gasteiger partial charge in [0.2, 0.25) is 11.8 Å². The van der Waals surface area contributed by atoms with Gasteiger partial charge in [0.25, 0.3) is 18.9 Å². The molecule has 3 saturated heterocycles. The largest absolute Gasteiger partial charge is 1.00 e. The summed E-state index contributed by atoms with van der Waals surface area (Å²) in [7, 11) is 66.6. The van der Waals surface area contributed by atoms with Crippen molar-refractivity contribution >= 4 is 304 Å². The van der Waals surface area contributed by atoms with Gasteiger partial charge in [-0.05, 0) is 130 Å². The summed E-state index contributed by atoms with van der Waals surface area (Å²) in [6, 6.07) is 13.1. The number of benzene rings is 2. The minimum Gasteiger partial charge on any atom is -1.00 e. The van der Waals surface area contributed by atoms with E-state index in [-0.39, 0.29) is 177 Å². The molecule has 3 fully saturated rings. The number of rotatable bonds is 19. The van der Waals surface area contributed by atoms with Crippen molar-refractivity contribution in [3.63, 3.8) is 0 Å². The molecular weight excluding hydrogens is 1760 g/mol. The molecule has 0 unspecified atom stereocenters. The van der Waals surface area contributed by atoms with E-state index >= 15 is 0 Å². The van der Waals surface area contributed by atoms with E-state index in [2.05, 4.69) is 98.5 Å². The predicted octanol–water partition coefficient (Wildman–Crippen LogP) is -3.30. The molecule has 5 aromatic rings. The number of piperazine rings is 3. The van der Waals surface area contributed by atoms with Crippen LogP contribution in [-0.2, 0) is 38.3 Å². The molecule has 3 aliphatic rings. The zero-order valence-corrected chi connectivity index (χ0v) is 81.1. The fraction of sp³-hybridized carbons (Fsp3) is 0.450.